The lowest BCUT2D eigenvalue weighted by Crippen LogP contribution is -2.26. The lowest BCUT2D eigenvalue weighted by atomic mass is 10.0. The Morgan fingerprint density at radius 1 is 1.44 bits per heavy atom. The van der Waals surface area contributed by atoms with E-state index >= 15 is 0 Å². The van der Waals surface area contributed by atoms with Crippen molar-refractivity contribution < 1.29 is 4.79 Å². The van der Waals surface area contributed by atoms with Crippen molar-refractivity contribution in [1.82, 2.24) is 4.90 Å². The minimum absolute atomic E-state index is 0.229. The Morgan fingerprint density at radius 3 is 2.88 bits per heavy atom. The molecule has 2 aliphatic rings. The third-order valence-electron chi connectivity index (χ3n) is 3.42. The molecule has 0 bridgehead atoms. The molecule has 3 heteroatoms. The fraction of sp³-hybridized carbons (Fsp3) is 0.462. The minimum atomic E-state index is 0.229. The number of nitrogens with zero attached hydrogens (tertiary/aromatic N) is 1. The molecule has 0 radical (unpaired) electrons. The van der Waals surface area contributed by atoms with Gasteiger partial charge < -0.3 is 4.90 Å². The molecule has 0 unspecified atom stereocenters. The summed E-state index contributed by atoms with van der Waals surface area (Å²) in [6.07, 6.45) is 2.59. The monoisotopic (exact) mass is 279 g/mol. The second kappa shape index (κ2) is 3.59. The first-order valence-electron chi connectivity index (χ1n) is 5.73. The summed E-state index contributed by atoms with van der Waals surface area (Å²) < 4.78 is 1.07. The second-order valence-corrected chi connectivity index (χ2v) is 5.80. The van der Waals surface area contributed by atoms with Crippen LogP contribution in [-0.4, -0.2) is 17.4 Å². The van der Waals surface area contributed by atoms with Gasteiger partial charge >= 0.3 is 0 Å². The second-order valence-electron chi connectivity index (χ2n) is 4.89. The summed E-state index contributed by atoms with van der Waals surface area (Å²) in [6.45, 7) is 3.76. The zero-order valence-corrected chi connectivity index (χ0v) is 10.9. The summed E-state index contributed by atoms with van der Waals surface area (Å²) in [5.41, 5.74) is 3.20. The Bertz CT molecular complexity index is 465. The van der Waals surface area contributed by atoms with Crippen molar-refractivity contribution in [3.05, 3.63) is 33.3 Å². The predicted octanol–water partition coefficient (Wildman–Crippen LogP) is 3.12. The number of hydrogen-bond donors (Lipinski definition) is 0. The maximum atomic E-state index is 12.2. The molecule has 0 aromatic heterocycles. The summed E-state index contributed by atoms with van der Waals surface area (Å²) in [5.74, 6) is 0.994. The van der Waals surface area contributed by atoms with Gasteiger partial charge in [0.1, 0.15) is 0 Å². The number of carbonyl (C=O) groups excluding carboxylic acids is 1. The van der Waals surface area contributed by atoms with Gasteiger partial charge in [-0.3, -0.25) is 4.79 Å². The van der Waals surface area contributed by atoms with Crippen LogP contribution in [0.25, 0.3) is 0 Å². The normalized spacial score (nSPS) is 19.1. The van der Waals surface area contributed by atoms with Crippen LogP contribution in [0.15, 0.2) is 16.6 Å². The molecule has 0 spiro atoms. The Hall–Kier alpha value is -0.830. The number of halogens is 1. The topological polar surface area (TPSA) is 20.3 Å². The number of fused-ring (bicyclic) bond motifs is 1. The van der Waals surface area contributed by atoms with Crippen molar-refractivity contribution in [3.63, 3.8) is 0 Å². The zero-order chi connectivity index (χ0) is 11.3. The van der Waals surface area contributed by atoms with E-state index in [1.165, 1.54) is 18.4 Å². The standard InChI is InChI=1S/C13H14BrNO/c1-8-4-11(14)5-10-7-15(6-9-2-3-9)13(16)12(8)10/h4-5,9H,2-3,6-7H2,1H3. The molecular formula is C13H14BrNO. The molecule has 84 valence electrons. The van der Waals surface area contributed by atoms with Crippen molar-refractivity contribution in [1.29, 1.82) is 0 Å². The third-order valence-corrected chi connectivity index (χ3v) is 3.88. The molecule has 1 saturated carbocycles. The SMILES string of the molecule is Cc1cc(Br)cc2c1C(=O)N(CC1CC1)C2. The van der Waals surface area contributed by atoms with Crippen LogP contribution in [0.1, 0.15) is 34.3 Å². The molecule has 3 rings (SSSR count). The van der Waals surface area contributed by atoms with E-state index in [0.29, 0.717) is 0 Å². The summed E-state index contributed by atoms with van der Waals surface area (Å²) in [6, 6.07) is 4.10. The Labute approximate surface area is 104 Å². The predicted molar refractivity (Wildman–Crippen MR) is 66.3 cm³/mol. The highest BCUT2D eigenvalue weighted by atomic mass is 79.9. The highest BCUT2D eigenvalue weighted by Crippen LogP contribution is 2.34. The van der Waals surface area contributed by atoms with E-state index in [0.717, 1.165) is 34.6 Å². The molecular weight excluding hydrogens is 266 g/mol. The average Bonchev–Trinajstić information content (AvgIpc) is 2.93. The van der Waals surface area contributed by atoms with Crippen LogP contribution in [0, 0.1) is 12.8 Å². The van der Waals surface area contributed by atoms with Gasteiger partial charge in [0.05, 0.1) is 0 Å². The van der Waals surface area contributed by atoms with Crippen molar-refractivity contribution in [2.45, 2.75) is 26.3 Å². The first-order valence-corrected chi connectivity index (χ1v) is 6.53. The van der Waals surface area contributed by atoms with Crippen molar-refractivity contribution >= 4 is 21.8 Å². The van der Waals surface area contributed by atoms with E-state index in [9.17, 15) is 4.79 Å². The average molecular weight is 280 g/mol. The van der Waals surface area contributed by atoms with Gasteiger partial charge in [-0.1, -0.05) is 15.9 Å². The first-order chi connectivity index (χ1) is 7.65. The van der Waals surface area contributed by atoms with Crippen molar-refractivity contribution in [2.24, 2.45) is 5.92 Å². The van der Waals surface area contributed by atoms with E-state index in [1.54, 1.807) is 0 Å². The molecule has 1 aliphatic heterocycles. The number of aryl methyl sites for hydroxylation is 1. The van der Waals surface area contributed by atoms with E-state index < -0.39 is 0 Å². The highest BCUT2D eigenvalue weighted by Gasteiger charge is 2.33. The van der Waals surface area contributed by atoms with Crippen LogP contribution in [0.3, 0.4) is 0 Å². The maximum absolute atomic E-state index is 12.2. The van der Waals surface area contributed by atoms with Crippen molar-refractivity contribution in [3.8, 4) is 0 Å². The summed E-state index contributed by atoms with van der Waals surface area (Å²) >= 11 is 3.49. The van der Waals surface area contributed by atoms with Crippen LogP contribution in [-0.2, 0) is 6.54 Å². The van der Waals surface area contributed by atoms with E-state index in [2.05, 4.69) is 22.0 Å². The quantitative estimate of drug-likeness (QED) is 0.815. The fourth-order valence-electron chi connectivity index (χ4n) is 2.44. The molecule has 0 N–H and O–H groups in total. The van der Waals surface area contributed by atoms with Gasteiger partial charge in [-0.25, -0.2) is 0 Å². The van der Waals surface area contributed by atoms with Crippen molar-refractivity contribution in [2.75, 3.05) is 6.54 Å². The van der Waals surface area contributed by atoms with Gasteiger partial charge in [-0.2, -0.15) is 0 Å². The van der Waals surface area contributed by atoms with Crippen LogP contribution < -0.4 is 0 Å². The van der Waals surface area contributed by atoms with Crippen LogP contribution in [0.2, 0.25) is 0 Å². The van der Waals surface area contributed by atoms with Gasteiger partial charge in [0.2, 0.25) is 0 Å². The number of rotatable bonds is 2. The number of hydrogen-bond acceptors (Lipinski definition) is 1. The first kappa shape index (κ1) is 10.3. The summed E-state index contributed by atoms with van der Waals surface area (Å²) in [4.78, 5) is 14.2. The molecule has 1 heterocycles. The fourth-order valence-corrected chi connectivity index (χ4v) is 3.06. The van der Waals surface area contributed by atoms with Gasteiger partial charge in [0.25, 0.3) is 5.91 Å². The van der Waals surface area contributed by atoms with Crippen LogP contribution in [0.4, 0.5) is 0 Å². The van der Waals surface area contributed by atoms with Crippen LogP contribution >= 0.6 is 15.9 Å². The number of benzene rings is 1. The Morgan fingerprint density at radius 2 is 2.19 bits per heavy atom. The highest BCUT2D eigenvalue weighted by molar-refractivity contribution is 9.10. The Kier molecular flexibility index (Phi) is 2.32. The molecule has 16 heavy (non-hydrogen) atoms. The minimum Gasteiger partial charge on any atom is -0.334 e. The number of carbonyl (C=O) groups is 1. The maximum Gasteiger partial charge on any atom is 0.254 e. The molecule has 1 amide bonds. The summed E-state index contributed by atoms with van der Waals surface area (Å²) in [5, 5.41) is 0. The summed E-state index contributed by atoms with van der Waals surface area (Å²) in [7, 11) is 0. The lowest BCUT2D eigenvalue weighted by molar-refractivity contribution is 0.0770. The van der Waals surface area contributed by atoms with Crippen LogP contribution in [0.5, 0.6) is 0 Å². The molecule has 1 fully saturated rings. The smallest absolute Gasteiger partial charge is 0.254 e. The molecule has 0 atom stereocenters. The van der Waals surface area contributed by atoms with Gasteiger partial charge in [0, 0.05) is 23.1 Å². The van der Waals surface area contributed by atoms with E-state index in [4.69, 9.17) is 0 Å². The van der Waals surface area contributed by atoms with Gasteiger partial charge in [-0.05, 0) is 48.9 Å². The van der Waals surface area contributed by atoms with Gasteiger partial charge in [-0.15, -0.1) is 0 Å². The number of amides is 1. The van der Waals surface area contributed by atoms with E-state index in [-0.39, 0.29) is 5.91 Å². The molecule has 1 aromatic carbocycles. The molecule has 2 nitrogen and oxygen atoms in total. The largest absolute Gasteiger partial charge is 0.334 e. The molecule has 1 aromatic rings. The zero-order valence-electron chi connectivity index (χ0n) is 9.29. The molecule has 0 saturated heterocycles. The van der Waals surface area contributed by atoms with Gasteiger partial charge in [0.15, 0.2) is 0 Å². The molecule has 1 aliphatic carbocycles. The van der Waals surface area contributed by atoms with E-state index in [1.807, 2.05) is 17.9 Å². The Balaban J connectivity index is 1.93. The lowest BCUT2D eigenvalue weighted by Gasteiger charge is -2.14. The third kappa shape index (κ3) is 1.67.